The number of primary amides is 1. The number of nitrogens with two attached hydrogens (primary N) is 2. The number of hydrogen-bond acceptors (Lipinski definition) is 3. The highest BCUT2D eigenvalue weighted by Gasteiger charge is 2.39. The van der Waals surface area contributed by atoms with E-state index in [9.17, 15) is 4.79 Å². The van der Waals surface area contributed by atoms with Crippen molar-refractivity contribution in [3.05, 3.63) is 0 Å². The van der Waals surface area contributed by atoms with E-state index in [1.54, 1.807) is 0 Å². The van der Waals surface area contributed by atoms with E-state index in [0.29, 0.717) is 6.54 Å². The van der Waals surface area contributed by atoms with Crippen molar-refractivity contribution < 1.29 is 4.79 Å². The Morgan fingerprint density at radius 2 is 2.21 bits per heavy atom. The molecule has 3 unspecified atom stereocenters. The van der Waals surface area contributed by atoms with Crippen molar-refractivity contribution in [3.63, 3.8) is 0 Å². The molecule has 19 heavy (non-hydrogen) atoms. The minimum atomic E-state index is -0.211. The van der Waals surface area contributed by atoms with Crippen LogP contribution in [0, 0.1) is 11.8 Å². The van der Waals surface area contributed by atoms with Gasteiger partial charge in [0.15, 0.2) is 0 Å². The van der Waals surface area contributed by atoms with Crippen LogP contribution >= 0.6 is 0 Å². The number of carbonyl (C=O) groups is 1. The SMILES string of the molecule is CCCN(CC(C)C(N)=O)C1(CN)CCCC(C)C1. The number of nitrogens with zero attached hydrogens (tertiary/aromatic N) is 1. The van der Waals surface area contributed by atoms with Gasteiger partial charge in [0.05, 0.1) is 0 Å². The maximum Gasteiger partial charge on any atom is 0.221 e. The number of hydrogen-bond donors (Lipinski definition) is 2. The normalized spacial score (nSPS) is 29.4. The lowest BCUT2D eigenvalue weighted by Gasteiger charge is -2.48. The molecule has 1 aliphatic carbocycles. The lowest BCUT2D eigenvalue weighted by molar-refractivity contribution is -0.122. The maximum absolute atomic E-state index is 11.3. The molecule has 0 radical (unpaired) electrons. The zero-order valence-corrected chi connectivity index (χ0v) is 12.8. The summed E-state index contributed by atoms with van der Waals surface area (Å²) in [5, 5.41) is 0. The van der Waals surface area contributed by atoms with Crippen LogP contribution in [0.2, 0.25) is 0 Å². The van der Waals surface area contributed by atoms with Crippen molar-refractivity contribution in [2.45, 2.75) is 58.4 Å². The van der Waals surface area contributed by atoms with E-state index in [1.807, 2.05) is 6.92 Å². The summed E-state index contributed by atoms with van der Waals surface area (Å²) >= 11 is 0. The van der Waals surface area contributed by atoms with Crippen molar-refractivity contribution in [2.75, 3.05) is 19.6 Å². The van der Waals surface area contributed by atoms with Gasteiger partial charge in [-0.05, 0) is 31.7 Å². The van der Waals surface area contributed by atoms with E-state index in [1.165, 1.54) is 12.8 Å². The fraction of sp³-hybridized carbons (Fsp3) is 0.933. The van der Waals surface area contributed by atoms with Gasteiger partial charge in [-0.25, -0.2) is 0 Å². The second-order valence-corrected chi connectivity index (χ2v) is 6.38. The van der Waals surface area contributed by atoms with Crippen molar-refractivity contribution in [1.82, 2.24) is 4.90 Å². The van der Waals surface area contributed by atoms with Gasteiger partial charge in [0.2, 0.25) is 5.91 Å². The summed E-state index contributed by atoms with van der Waals surface area (Å²) in [6.45, 7) is 8.84. The van der Waals surface area contributed by atoms with Gasteiger partial charge in [0.25, 0.3) is 0 Å². The van der Waals surface area contributed by atoms with Crippen LogP contribution < -0.4 is 11.5 Å². The Morgan fingerprint density at radius 3 is 2.68 bits per heavy atom. The molecule has 1 amide bonds. The highest BCUT2D eigenvalue weighted by Crippen LogP contribution is 2.36. The van der Waals surface area contributed by atoms with Gasteiger partial charge < -0.3 is 11.5 Å². The third kappa shape index (κ3) is 4.18. The molecule has 0 aromatic carbocycles. The smallest absolute Gasteiger partial charge is 0.221 e. The molecular weight excluding hydrogens is 238 g/mol. The summed E-state index contributed by atoms with van der Waals surface area (Å²) in [6, 6.07) is 0. The maximum atomic E-state index is 11.3. The van der Waals surface area contributed by atoms with Crippen LogP contribution in [0.1, 0.15) is 52.9 Å². The molecule has 1 aliphatic rings. The standard InChI is InChI=1S/C15H31N3O/c1-4-8-18(10-13(3)14(17)19)15(11-16)7-5-6-12(2)9-15/h12-13H,4-11,16H2,1-3H3,(H2,17,19). The predicted octanol–water partition coefficient (Wildman–Crippen LogP) is 1.73. The molecule has 112 valence electrons. The number of rotatable bonds is 7. The highest BCUT2D eigenvalue weighted by atomic mass is 16.1. The molecule has 4 nitrogen and oxygen atoms in total. The van der Waals surface area contributed by atoms with E-state index in [-0.39, 0.29) is 17.4 Å². The molecule has 4 heteroatoms. The molecule has 1 rings (SSSR count). The van der Waals surface area contributed by atoms with E-state index >= 15 is 0 Å². The minimum absolute atomic E-state index is 0.0807. The third-order valence-corrected chi connectivity index (χ3v) is 4.59. The van der Waals surface area contributed by atoms with Crippen LogP contribution in [0.3, 0.4) is 0 Å². The van der Waals surface area contributed by atoms with Gasteiger partial charge in [-0.3, -0.25) is 9.69 Å². The monoisotopic (exact) mass is 269 g/mol. The fourth-order valence-corrected chi connectivity index (χ4v) is 3.45. The van der Waals surface area contributed by atoms with Crippen LogP contribution in [-0.2, 0) is 4.79 Å². The van der Waals surface area contributed by atoms with E-state index < -0.39 is 0 Å². The van der Waals surface area contributed by atoms with Crippen LogP contribution in [0.4, 0.5) is 0 Å². The molecule has 0 heterocycles. The van der Waals surface area contributed by atoms with Crippen LogP contribution in [-0.4, -0.2) is 36.0 Å². The van der Waals surface area contributed by atoms with Gasteiger partial charge in [-0.2, -0.15) is 0 Å². The molecule has 4 N–H and O–H groups in total. The van der Waals surface area contributed by atoms with Gasteiger partial charge in [-0.1, -0.05) is 33.6 Å². The molecule has 1 fully saturated rings. The fourth-order valence-electron chi connectivity index (χ4n) is 3.45. The molecular formula is C15H31N3O. The third-order valence-electron chi connectivity index (χ3n) is 4.59. The van der Waals surface area contributed by atoms with Crippen molar-refractivity contribution in [2.24, 2.45) is 23.3 Å². The van der Waals surface area contributed by atoms with E-state index in [4.69, 9.17) is 11.5 Å². The van der Waals surface area contributed by atoms with Crippen LogP contribution in [0.15, 0.2) is 0 Å². The lowest BCUT2D eigenvalue weighted by Crippen LogP contribution is -2.58. The van der Waals surface area contributed by atoms with Gasteiger partial charge >= 0.3 is 0 Å². The van der Waals surface area contributed by atoms with E-state index in [2.05, 4.69) is 18.7 Å². The Hall–Kier alpha value is -0.610. The summed E-state index contributed by atoms with van der Waals surface area (Å²) < 4.78 is 0. The molecule has 0 saturated heterocycles. The highest BCUT2D eigenvalue weighted by molar-refractivity contribution is 5.76. The van der Waals surface area contributed by atoms with Crippen molar-refractivity contribution in [3.8, 4) is 0 Å². The molecule has 0 bridgehead atoms. The zero-order valence-electron chi connectivity index (χ0n) is 12.8. The molecule has 0 aromatic rings. The Morgan fingerprint density at radius 1 is 1.53 bits per heavy atom. The zero-order chi connectivity index (χ0) is 14.5. The Balaban J connectivity index is 2.83. The summed E-state index contributed by atoms with van der Waals surface area (Å²) in [6.07, 6.45) is 5.92. The first-order valence-corrected chi connectivity index (χ1v) is 7.69. The van der Waals surface area contributed by atoms with Gasteiger partial charge in [0.1, 0.15) is 0 Å². The average Bonchev–Trinajstić information content (AvgIpc) is 2.37. The molecule has 0 aromatic heterocycles. The summed E-state index contributed by atoms with van der Waals surface area (Å²) in [5.74, 6) is 0.407. The first kappa shape index (κ1) is 16.4. The van der Waals surface area contributed by atoms with Crippen LogP contribution in [0.5, 0.6) is 0 Å². The first-order chi connectivity index (χ1) is 8.95. The average molecular weight is 269 g/mol. The lowest BCUT2D eigenvalue weighted by atomic mass is 9.75. The van der Waals surface area contributed by atoms with Crippen molar-refractivity contribution in [1.29, 1.82) is 0 Å². The van der Waals surface area contributed by atoms with E-state index in [0.717, 1.165) is 38.3 Å². The van der Waals surface area contributed by atoms with Gasteiger partial charge in [0, 0.05) is 24.5 Å². The predicted molar refractivity (Wildman–Crippen MR) is 79.6 cm³/mol. The van der Waals surface area contributed by atoms with Crippen molar-refractivity contribution >= 4 is 5.91 Å². The summed E-state index contributed by atoms with van der Waals surface area (Å²) in [5.41, 5.74) is 11.6. The molecule has 0 aliphatic heterocycles. The van der Waals surface area contributed by atoms with Crippen LogP contribution in [0.25, 0.3) is 0 Å². The summed E-state index contributed by atoms with van der Waals surface area (Å²) in [7, 11) is 0. The quantitative estimate of drug-likeness (QED) is 0.739. The Bertz CT molecular complexity index is 295. The Kier molecular flexibility index (Phi) is 6.27. The topological polar surface area (TPSA) is 72.3 Å². The first-order valence-electron chi connectivity index (χ1n) is 7.69. The number of carbonyl (C=O) groups excluding carboxylic acids is 1. The molecule has 1 saturated carbocycles. The molecule has 0 spiro atoms. The molecule has 3 atom stereocenters. The summed E-state index contributed by atoms with van der Waals surface area (Å²) in [4.78, 5) is 13.8. The largest absolute Gasteiger partial charge is 0.369 e. The minimum Gasteiger partial charge on any atom is -0.369 e. The Labute approximate surface area is 117 Å². The number of amides is 1. The second-order valence-electron chi connectivity index (χ2n) is 6.38. The second kappa shape index (κ2) is 7.25. The van der Waals surface area contributed by atoms with Gasteiger partial charge in [-0.15, -0.1) is 0 Å².